The van der Waals surface area contributed by atoms with Gasteiger partial charge in [-0.3, -0.25) is 4.79 Å². The van der Waals surface area contributed by atoms with E-state index in [4.69, 9.17) is 9.47 Å². The molecule has 43 heavy (non-hydrogen) atoms. The van der Waals surface area contributed by atoms with Gasteiger partial charge in [0, 0.05) is 5.92 Å². The van der Waals surface area contributed by atoms with E-state index in [-0.39, 0.29) is 51.7 Å². The number of ether oxygens (including phenoxy) is 2. The van der Waals surface area contributed by atoms with Crippen molar-refractivity contribution in [3.05, 3.63) is 0 Å². The zero-order valence-electron chi connectivity index (χ0n) is 29.5. The first-order valence-electron chi connectivity index (χ1n) is 17.6. The number of rotatable bonds is 11. The van der Waals surface area contributed by atoms with Crippen LogP contribution in [0, 0.1) is 44.8 Å². The van der Waals surface area contributed by atoms with Crippen LogP contribution in [0.1, 0.15) is 147 Å². The maximum absolute atomic E-state index is 13.0. The molecule has 0 aromatic heterocycles. The molecule has 3 saturated carbocycles. The molecule has 6 heteroatoms. The third kappa shape index (κ3) is 5.98. The Morgan fingerprint density at radius 3 is 2.21 bits per heavy atom. The highest BCUT2D eigenvalue weighted by Crippen LogP contribution is 2.85. The Bertz CT molecular complexity index is 1010. The minimum Gasteiger partial charge on any atom is -0.465 e. The minimum absolute atomic E-state index is 0.0338. The number of carbonyl (C=O) groups is 1. The summed E-state index contributed by atoms with van der Waals surface area (Å²) in [5.41, 5.74) is -2.21. The van der Waals surface area contributed by atoms with E-state index in [1.165, 1.54) is 12.8 Å². The third-order valence-electron chi connectivity index (χ3n) is 13.5. The van der Waals surface area contributed by atoms with E-state index in [9.17, 15) is 20.1 Å². The highest BCUT2D eigenvalue weighted by Gasteiger charge is 2.80. The van der Waals surface area contributed by atoms with Crippen LogP contribution < -0.4 is 0 Å². The molecular weight excluding hydrogens is 540 g/mol. The first-order chi connectivity index (χ1) is 19.6. The van der Waals surface area contributed by atoms with Crippen LogP contribution in [0.15, 0.2) is 0 Å². The minimum atomic E-state index is -0.941. The van der Waals surface area contributed by atoms with Crippen LogP contribution in [0.2, 0.25) is 0 Å². The van der Waals surface area contributed by atoms with Crippen molar-refractivity contribution < 1.29 is 29.6 Å². The first-order valence-corrected chi connectivity index (χ1v) is 17.6. The normalized spacial score (nSPS) is 41.1. The van der Waals surface area contributed by atoms with E-state index >= 15 is 0 Å². The molecule has 250 valence electrons. The number of hydrogen-bond acceptors (Lipinski definition) is 6. The predicted octanol–water partition coefficient (Wildman–Crippen LogP) is 7.45. The number of aliphatic hydroxyl groups is 3. The maximum atomic E-state index is 13.0. The Balaban J connectivity index is 1.70. The van der Waals surface area contributed by atoms with Gasteiger partial charge in [-0.05, 0) is 126 Å². The van der Waals surface area contributed by atoms with Crippen molar-refractivity contribution in [2.75, 3.05) is 6.61 Å². The summed E-state index contributed by atoms with van der Waals surface area (Å²) in [5, 5.41) is 33.9. The van der Waals surface area contributed by atoms with Crippen molar-refractivity contribution in [2.45, 2.75) is 176 Å². The van der Waals surface area contributed by atoms with E-state index in [1.807, 2.05) is 34.6 Å². The van der Waals surface area contributed by atoms with Crippen LogP contribution >= 0.6 is 0 Å². The van der Waals surface area contributed by atoms with Crippen LogP contribution in [-0.4, -0.2) is 57.4 Å². The van der Waals surface area contributed by atoms with E-state index in [2.05, 4.69) is 41.5 Å². The Morgan fingerprint density at radius 1 is 1.02 bits per heavy atom. The summed E-state index contributed by atoms with van der Waals surface area (Å²) in [4.78, 5) is 13.0. The molecule has 1 spiro atoms. The van der Waals surface area contributed by atoms with Gasteiger partial charge in [-0.1, -0.05) is 53.9 Å². The Kier molecular flexibility index (Phi) is 9.43. The number of aliphatic hydroxyl groups excluding tert-OH is 2. The van der Waals surface area contributed by atoms with Gasteiger partial charge in [0.15, 0.2) is 0 Å². The highest BCUT2D eigenvalue weighted by molar-refractivity contribution is 5.75. The van der Waals surface area contributed by atoms with Crippen molar-refractivity contribution in [2.24, 2.45) is 44.8 Å². The molecule has 0 aromatic rings. The molecule has 0 bridgehead atoms. The van der Waals surface area contributed by atoms with Crippen molar-refractivity contribution in [3.8, 4) is 0 Å². The monoisotopic (exact) mass is 606 g/mol. The van der Waals surface area contributed by atoms with Crippen molar-refractivity contribution >= 4 is 5.97 Å². The number of hydrogen-bond donors (Lipinski definition) is 3. The summed E-state index contributed by atoms with van der Waals surface area (Å²) in [6, 6.07) is 0. The Hall–Kier alpha value is -0.690. The van der Waals surface area contributed by atoms with Gasteiger partial charge >= 0.3 is 5.97 Å². The fourth-order valence-electron chi connectivity index (χ4n) is 10.6. The molecular formula is C37H66O6. The van der Waals surface area contributed by atoms with E-state index < -0.39 is 22.7 Å². The molecule has 1 saturated heterocycles. The molecule has 0 amide bonds. The second-order valence-corrected chi connectivity index (χ2v) is 18.2. The quantitative estimate of drug-likeness (QED) is 0.211. The van der Waals surface area contributed by atoms with Crippen molar-refractivity contribution in [1.29, 1.82) is 0 Å². The molecule has 6 nitrogen and oxygen atoms in total. The molecule has 1 heterocycles. The summed E-state index contributed by atoms with van der Waals surface area (Å²) >= 11 is 0. The lowest BCUT2D eigenvalue weighted by Crippen LogP contribution is -2.58. The fraction of sp³-hybridized carbons (Fsp3) is 0.973. The Labute approximate surface area is 263 Å². The topological polar surface area (TPSA) is 96.2 Å². The number of esters is 1. The van der Waals surface area contributed by atoms with Crippen LogP contribution in [0.25, 0.3) is 0 Å². The highest BCUT2D eigenvalue weighted by atomic mass is 16.5. The Morgan fingerprint density at radius 2 is 1.67 bits per heavy atom. The molecule has 0 aromatic carbocycles. The summed E-state index contributed by atoms with van der Waals surface area (Å²) in [5.74, 6) is 0.221. The van der Waals surface area contributed by atoms with Gasteiger partial charge in [-0.25, -0.2) is 0 Å². The van der Waals surface area contributed by atoms with Crippen LogP contribution in [0.4, 0.5) is 0 Å². The van der Waals surface area contributed by atoms with Gasteiger partial charge in [0.25, 0.3) is 0 Å². The average molecular weight is 607 g/mol. The van der Waals surface area contributed by atoms with E-state index in [1.54, 1.807) is 0 Å². The van der Waals surface area contributed by atoms with Gasteiger partial charge in [0.2, 0.25) is 0 Å². The molecule has 4 aliphatic rings. The second kappa shape index (κ2) is 11.5. The summed E-state index contributed by atoms with van der Waals surface area (Å²) in [7, 11) is 0. The van der Waals surface area contributed by atoms with Gasteiger partial charge in [0.05, 0.1) is 41.5 Å². The lowest BCUT2D eigenvalue weighted by Gasteiger charge is -2.59. The van der Waals surface area contributed by atoms with E-state index in [0.717, 1.165) is 57.8 Å². The average Bonchev–Trinajstić information content (AvgIpc) is 3.36. The maximum Gasteiger partial charge on any atom is 0.311 e. The number of carbonyl (C=O) groups excluding carboxylic acids is 1. The van der Waals surface area contributed by atoms with Crippen molar-refractivity contribution in [3.63, 3.8) is 0 Å². The fourth-order valence-corrected chi connectivity index (χ4v) is 10.6. The molecule has 4 rings (SSSR count). The van der Waals surface area contributed by atoms with Gasteiger partial charge in [-0.2, -0.15) is 0 Å². The first kappa shape index (κ1) is 35.2. The van der Waals surface area contributed by atoms with Gasteiger partial charge in [0.1, 0.15) is 0 Å². The van der Waals surface area contributed by atoms with Gasteiger partial charge in [-0.15, -0.1) is 0 Å². The molecule has 3 aliphatic carbocycles. The van der Waals surface area contributed by atoms with Crippen molar-refractivity contribution in [1.82, 2.24) is 0 Å². The van der Waals surface area contributed by atoms with Gasteiger partial charge < -0.3 is 24.8 Å². The number of unbranched alkanes of at least 4 members (excludes halogenated alkanes) is 1. The second-order valence-electron chi connectivity index (χ2n) is 18.2. The molecule has 3 N–H and O–H groups in total. The molecule has 1 aliphatic heterocycles. The molecule has 7 unspecified atom stereocenters. The van der Waals surface area contributed by atoms with Crippen LogP contribution in [0.3, 0.4) is 0 Å². The molecule has 4 fully saturated rings. The van der Waals surface area contributed by atoms with Crippen LogP contribution in [-0.2, 0) is 14.3 Å². The molecule has 10 atom stereocenters. The predicted molar refractivity (Wildman–Crippen MR) is 171 cm³/mol. The zero-order valence-corrected chi connectivity index (χ0v) is 29.5. The lowest BCUT2D eigenvalue weighted by molar-refractivity contribution is -0.182. The largest absolute Gasteiger partial charge is 0.465 e. The third-order valence-corrected chi connectivity index (χ3v) is 13.5. The summed E-state index contributed by atoms with van der Waals surface area (Å²) in [6.07, 6.45) is 9.57. The standard InChI is InChI=1S/C37H66O6/c1-12-14-17-36-23-37(36)19-15-27(39)32(6,7)29(37)25(38)20-26(36)34(10,13-2)21-24(22-42-30(40)31(3,4)5)35(11)18-16-28(43-35)33(8,9)41/h24-29,38-39,41H,12-23H2,1-11H3/t24?,25-,26?,27?,28?,29-,34?,35+,36?,37?/m0/s1. The molecule has 0 radical (unpaired) electrons. The van der Waals surface area contributed by atoms with E-state index in [0.29, 0.717) is 12.5 Å². The van der Waals surface area contributed by atoms with Crippen LogP contribution in [0.5, 0.6) is 0 Å². The SMILES string of the molecule is CCCCC12CC13CCC(O)C(C)(C)[C@@H]3[C@@H](O)CC2C(C)(CC)CC(COC(=O)C(C)(C)C)[C@@]1(C)CCC(C(C)(C)O)O1. The zero-order chi connectivity index (χ0) is 32.4. The summed E-state index contributed by atoms with van der Waals surface area (Å²) in [6.45, 7) is 23.2. The summed E-state index contributed by atoms with van der Waals surface area (Å²) < 4.78 is 12.8. The smallest absolute Gasteiger partial charge is 0.311 e. The lowest BCUT2D eigenvalue weighted by atomic mass is 9.47.